The lowest BCUT2D eigenvalue weighted by atomic mass is 9.79. The Morgan fingerprint density at radius 3 is 2.86 bits per heavy atom. The van der Waals surface area contributed by atoms with Crippen molar-refractivity contribution >= 4 is 16.8 Å². The summed E-state index contributed by atoms with van der Waals surface area (Å²) in [6.07, 6.45) is 3.87. The lowest BCUT2D eigenvalue weighted by Gasteiger charge is -2.45. The van der Waals surface area contributed by atoms with Gasteiger partial charge in [-0.25, -0.2) is 4.39 Å². The summed E-state index contributed by atoms with van der Waals surface area (Å²) in [5.74, 6) is 0.317. The van der Waals surface area contributed by atoms with E-state index in [4.69, 9.17) is 0 Å². The number of likely N-dealkylation sites (tertiary alicyclic amines) is 1. The van der Waals surface area contributed by atoms with E-state index in [9.17, 15) is 9.18 Å². The minimum Gasteiger partial charge on any atom is -0.361 e. The van der Waals surface area contributed by atoms with Gasteiger partial charge in [0.1, 0.15) is 5.82 Å². The molecule has 1 fully saturated rings. The number of hydrogen-bond acceptors (Lipinski definition) is 1. The van der Waals surface area contributed by atoms with Crippen LogP contribution in [0.1, 0.15) is 45.1 Å². The van der Waals surface area contributed by atoms with E-state index in [0.29, 0.717) is 5.92 Å². The van der Waals surface area contributed by atoms with Crippen LogP contribution in [0.25, 0.3) is 10.9 Å². The highest BCUT2D eigenvalue weighted by molar-refractivity contribution is 5.84. The van der Waals surface area contributed by atoms with E-state index < -0.39 is 0 Å². The molecule has 0 saturated carbocycles. The maximum Gasteiger partial charge on any atom is 0.219 e. The number of aromatic amines is 1. The number of aromatic nitrogens is 1. The number of hydrogen-bond donors (Lipinski definition) is 1. The van der Waals surface area contributed by atoms with Crippen molar-refractivity contribution in [1.82, 2.24) is 9.88 Å². The predicted octanol–water partition coefficient (Wildman–Crippen LogP) is 3.81. The van der Waals surface area contributed by atoms with Crippen LogP contribution < -0.4 is 0 Å². The lowest BCUT2D eigenvalue weighted by Crippen LogP contribution is -2.51. The Balaban J connectivity index is 1.92. The van der Waals surface area contributed by atoms with Crippen molar-refractivity contribution in [2.75, 3.05) is 6.54 Å². The smallest absolute Gasteiger partial charge is 0.219 e. The van der Waals surface area contributed by atoms with Gasteiger partial charge in [0, 0.05) is 36.1 Å². The van der Waals surface area contributed by atoms with Gasteiger partial charge in [-0.3, -0.25) is 4.79 Å². The summed E-state index contributed by atoms with van der Waals surface area (Å²) in [6.45, 7) is 6.65. The van der Waals surface area contributed by atoms with Crippen LogP contribution >= 0.6 is 0 Å². The van der Waals surface area contributed by atoms with E-state index in [-0.39, 0.29) is 17.3 Å². The third-order valence-corrected chi connectivity index (χ3v) is 4.67. The Kier molecular flexibility index (Phi) is 3.27. The molecule has 1 saturated heterocycles. The highest BCUT2D eigenvalue weighted by Crippen LogP contribution is 2.40. The van der Waals surface area contributed by atoms with Gasteiger partial charge in [-0.2, -0.15) is 0 Å². The molecule has 0 spiro atoms. The fourth-order valence-corrected chi connectivity index (χ4v) is 3.71. The minimum atomic E-state index is -0.220. The molecule has 1 unspecified atom stereocenters. The molecular formula is C17H21FN2O. The number of nitrogens with zero attached hydrogens (tertiary/aromatic N) is 1. The van der Waals surface area contributed by atoms with Crippen molar-refractivity contribution in [3.8, 4) is 0 Å². The average Bonchev–Trinajstić information content (AvgIpc) is 2.79. The van der Waals surface area contributed by atoms with Crippen molar-refractivity contribution in [3.05, 3.63) is 35.8 Å². The summed E-state index contributed by atoms with van der Waals surface area (Å²) < 4.78 is 13.3. The van der Waals surface area contributed by atoms with E-state index in [0.717, 1.165) is 30.3 Å². The van der Waals surface area contributed by atoms with Crippen LogP contribution in [-0.4, -0.2) is 27.9 Å². The first-order chi connectivity index (χ1) is 9.88. The fraction of sp³-hybridized carbons (Fsp3) is 0.471. The van der Waals surface area contributed by atoms with Crippen molar-refractivity contribution in [3.63, 3.8) is 0 Å². The Bertz CT molecular complexity index is 689. The number of H-pyrrole nitrogens is 1. The van der Waals surface area contributed by atoms with E-state index >= 15 is 0 Å². The van der Waals surface area contributed by atoms with Crippen LogP contribution in [-0.2, 0) is 4.79 Å². The maximum atomic E-state index is 13.3. The summed E-state index contributed by atoms with van der Waals surface area (Å²) in [5, 5.41) is 1.09. The topological polar surface area (TPSA) is 36.1 Å². The lowest BCUT2D eigenvalue weighted by molar-refractivity contribution is -0.136. The Labute approximate surface area is 124 Å². The molecular weight excluding hydrogens is 267 g/mol. The Hall–Kier alpha value is -1.84. The molecule has 4 heteroatoms. The number of amides is 1. The van der Waals surface area contributed by atoms with Crippen molar-refractivity contribution in [2.24, 2.45) is 0 Å². The normalized spacial score (nSPS) is 21.7. The van der Waals surface area contributed by atoms with Gasteiger partial charge in [-0.05, 0) is 56.4 Å². The first-order valence-corrected chi connectivity index (χ1v) is 7.43. The van der Waals surface area contributed by atoms with E-state index in [1.54, 1.807) is 6.92 Å². The number of rotatable bonds is 1. The molecule has 2 aromatic rings. The molecule has 0 bridgehead atoms. The number of fused-ring (bicyclic) bond motifs is 1. The molecule has 0 radical (unpaired) electrons. The first kappa shape index (κ1) is 14.1. The molecule has 21 heavy (non-hydrogen) atoms. The van der Waals surface area contributed by atoms with Gasteiger partial charge in [0.2, 0.25) is 5.91 Å². The van der Waals surface area contributed by atoms with Gasteiger partial charge in [0.25, 0.3) is 0 Å². The number of carbonyl (C=O) groups excluding carboxylic acids is 1. The molecule has 1 atom stereocenters. The van der Waals surface area contributed by atoms with Crippen LogP contribution in [0.15, 0.2) is 24.4 Å². The summed E-state index contributed by atoms with van der Waals surface area (Å²) >= 11 is 0. The van der Waals surface area contributed by atoms with Crippen LogP contribution in [0.4, 0.5) is 4.39 Å². The zero-order valence-corrected chi connectivity index (χ0v) is 12.7. The van der Waals surface area contributed by atoms with Crippen LogP contribution in [0.5, 0.6) is 0 Å². The fourth-order valence-electron chi connectivity index (χ4n) is 3.71. The van der Waals surface area contributed by atoms with Crippen molar-refractivity contribution < 1.29 is 9.18 Å². The molecule has 3 rings (SSSR count). The molecule has 1 aromatic heterocycles. The monoisotopic (exact) mass is 288 g/mol. The van der Waals surface area contributed by atoms with E-state index in [1.807, 2.05) is 17.2 Å². The van der Waals surface area contributed by atoms with Gasteiger partial charge in [0.15, 0.2) is 0 Å². The molecule has 2 heterocycles. The van der Waals surface area contributed by atoms with Crippen LogP contribution in [0, 0.1) is 5.82 Å². The second-order valence-electron chi connectivity index (χ2n) is 6.61. The Morgan fingerprint density at radius 2 is 2.19 bits per heavy atom. The van der Waals surface area contributed by atoms with E-state index in [2.05, 4.69) is 18.8 Å². The van der Waals surface area contributed by atoms with Gasteiger partial charge < -0.3 is 9.88 Å². The molecule has 1 amide bonds. The van der Waals surface area contributed by atoms with Crippen molar-refractivity contribution in [2.45, 2.75) is 45.1 Å². The molecule has 112 valence electrons. The summed E-state index contributed by atoms with van der Waals surface area (Å²) in [7, 11) is 0. The third-order valence-electron chi connectivity index (χ3n) is 4.67. The minimum absolute atomic E-state index is 0.138. The molecule has 0 aliphatic carbocycles. The van der Waals surface area contributed by atoms with Crippen LogP contribution in [0.2, 0.25) is 0 Å². The van der Waals surface area contributed by atoms with Crippen LogP contribution in [0.3, 0.4) is 0 Å². The molecule has 1 aliphatic rings. The van der Waals surface area contributed by atoms with Gasteiger partial charge in [-0.1, -0.05) is 0 Å². The highest BCUT2D eigenvalue weighted by atomic mass is 19.1. The molecule has 1 aliphatic heterocycles. The summed E-state index contributed by atoms with van der Waals surface area (Å²) in [5.41, 5.74) is 1.94. The standard InChI is InChI=1S/C17H21FN2O/c1-11(21)20-7-6-12(9-17(20,2)3)15-10-19-16-8-13(18)4-5-14(15)16/h4-5,8,10,12,19H,6-7,9H2,1-3H3. The van der Waals surface area contributed by atoms with Crippen molar-refractivity contribution in [1.29, 1.82) is 0 Å². The molecule has 1 aromatic carbocycles. The molecule has 3 nitrogen and oxygen atoms in total. The first-order valence-electron chi connectivity index (χ1n) is 7.43. The SMILES string of the molecule is CC(=O)N1CCC(c2c[nH]c3cc(F)ccc23)CC1(C)C. The maximum absolute atomic E-state index is 13.3. The number of benzene rings is 1. The summed E-state index contributed by atoms with van der Waals surface area (Å²) in [6, 6.07) is 4.89. The van der Waals surface area contributed by atoms with Gasteiger partial charge >= 0.3 is 0 Å². The average molecular weight is 288 g/mol. The van der Waals surface area contributed by atoms with Gasteiger partial charge in [0.05, 0.1) is 0 Å². The number of carbonyl (C=O) groups is 1. The number of nitrogens with one attached hydrogen (secondary N) is 1. The second-order valence-corrected chi connectivity index (χ2v) is 6.61. The number of halogens is 1. The summed E-state index contributed by atoms with van der Waals surface area (Å²) in [4.78, 5) is 16.9. The zero-order valence-electron chi connectivity index (χ0n) is 12.7. The predicted molar refractivity (Wildman–Crippen MR) is 81.7 cm³/mol. The highest BCUT2D eigenvalue weighted by Gasteiger charge is 2.37. The largest absolute Gasteiger partial charge is 0.361 e. The van der Waals surface area contributed by atoms with E-state index in [1.165, 1.54) is 17.7 Å². The second kappa shape index (κ2) is 4.86. The quantitative estimate of drug-likeness (QED) is 0.851. The number of piperidine rings is 1. The Morgan fingerprint density at radius 1 is 1.43 bits per heavy atom. The molecule has 1 N–H and O–H groups in total. The van der Waals surface area contributed by atoms with Gasteiger partial charge in [-0.15, -0.1) is 0 Å². The zero-order chi connectivity index (χ0) is 15.2. The third kappa shape index (κ3) is 2.43.